The summed E-state index contributed by atoms with van der Waals surface area (Å²) in [5, 5.41) is 3.58. The number of aromatic amines is 1. The number of H-pyrrole nitrogens is 1. The average Bonchev–Trinajstić information content (AvgIpc) is 3.20. The van der Waals surface area contributed by atoms with Crippen molar-refractivity contribution in [2.75, 3.05) is 31.8 Å². The SMILES string of the molecule is CO[C@@H](C)[C@H](NC(=O)c1ccc(N2CCOCC2=O)cc1)c1nc2cc(Cl)ccc2[nH]1. The van der Waals surface area contributed by atoms with Crippen LogP contribution >= 0.6 is 11.6 Å². The molecule has 1 aliphatic rings. The third-order valence-corrected chi connectivity index (χ3v) is 5.55. The van der Waals surface area contributed by atoms with Crippen molar-refractivity contribution in [2.45, 2.75) is 19.1 Å². The summed E-state index contributed by atoms with van der Waals surface area (Å²) < 4.78 is 10.6. The van der Waals surface area contributed by atoms with Crippen LogP contribution in [-0.2, 0) is 14.3 Å². The van der Waals surface area contributed by atoms with Crippen LogP contribution in [0.5, 0.6) is 0 Å². The zero-order valence-electron chi connectivity index (χ0n) is 17.2. The Balaban J connectivity index is 1.54. The summed E-state index contributed by atoms with van der Waals surface area (Å²) >= 11 is 6.06. The van der Waals surface area contributed by atoms with Crippen molar-refractivity contribution < 1.29 is 19.1 Å². The van der Waals surface area contributed by atoms with Gasteiger partial charge in [-0.15, -0.1) is 0 Å². The Hall–Kier alpha value is -2.94. The van der Waals surface area contributed by atoms with Gasteiger partial charge in [0.15, 0.2) is 0 Å². The molecule has 0 unspecified atom stereocenters. The molecule has 1 aliphatic heterocycles. The summed E-state index contributed by atoms with van der Waals surface area (Å²) in [4.78, 5) is 34.4. The first-order chi connectivity index (χ1) is 15.0. The average molecular weight is 443 g/mol. The number of benzene rings is 2. The van der Waals surface area contributed by atoms with Crippen molar-refractivity contribution >= 4 is 40.1 Å². The Morgan fingerprint density at radius 3 is 2.77 bits per heavy atom. The van der Waals surface area contributed by atoms with Crippen molar-refractivity contribution in [1.29, 1.82) is 0 Å². The van der Waals surface area contributed by atoms with Gasteiger partial charge in [0, 0.05) is 29.9 Å². The highest BCUT2D eigenvalue weighted by molar-refractivity contribution is 6.31. The van der Waals surface area contributed by atoms with Crippen LogP contribution in [0, 0.1) is 0 Å². The third kappa shape index (κ3) is 4.56. The molecule has 2 N–H and O–H groups in total. The Labute approximate surface area is 184 Å². The fourth-order valence-electron chi connectivity index (χ4n) is 3.50. The quantitative estimate of drug-likeness (QED) is 0.611. The number of nitrogens with one attached hydrogen (secondary N) is 2. The molecule has 1 aromatic heterocycles. The van der Waals surface area contributed by atoms with Gasteiger partial charge in [0.2, 0.25) is 0 Å². The summed E-state index contributed by atoms with van der Waals surface area (Å²) in [5.74, 6) is 0.213. The molecule has 2 atom stereocenters. The normalized spacial score (nSPS) is 16.4. The molecule has 2 heterocycles. The number of carbonyl (C=O) groups excluding carboxylic acids is 2. The topological polar surface area (TPSA) is 96.6 Å². The molecule has 0 spiro atoms. The number of anilines is 1. The molecule has 3 aromatic rings. The van der Waals surface area contributed by atoms with Crippen molar-refractivity contribution in [3.8, 4) is 0 Å². The second-order valence-corrected chi connectivity index (χ2v) is 7.76. The first-order valence-electron chi connectivity index (χ1n) is 9.93. The molecule has 1 saturated heterocycles. The highest BCUT2D eigenvalue weighted by Crippen LogP contribution is 2.24. The molecule has 162 valence electrons. The highest BCUT2D eigenvalue weighted by Gasteiger charge is 2.26. The van der Waals surface area contributed by atoms with E-state index in [2.05, 4.69) is 15.3 Å². The molecule has 0 aliphatic carbocycles. The summed E-state index contributed by atoms with van der Waals surface area (Å²) in [6, 6.07) is 11.8. The fourth-order valence-corrected chi connectivity index (χ4v) is 3.66. The van der Waals surface area contributed by atoms with Gasteiger partial charge in [0.05, 0.1) is 23.7 Å². The van der Waals surface area contributed by atoms with Gasteiger partial charge in [-0.3, -0.25) is 9.59 Å². The van der Waals surface area contributed by atoms with Crippen LogP contribution in [0.25, 0.3) is 11.0 Å². The molecule has 2 aromatic carbocycles. The molecule has 2 amide bonds. The maximum absolute atomic E-state index is 12.9. The highest BCUT2D eigenvalue weighted by atomic mass is 35.5. The number of rotatable bonds is 6. The predicted octanol–water partition coefficient (Wildman–Crippen LogP) is 3.09. The van der Waals surface area contributed by atoms with Crippen molar-refractivity contribution in [2.24, 2.45) is 0 Å². The van der Waals surface area contributed by atoms with Gasteiger partial charge in [0.25, 0.3) is 11.8 Å². The van der Waals surface area contributed by atoms with E-state index >= 15 is 0 Å². The number of aromatic nitrogens is 2. The minimum atomic E-state index is -0.496. The van der Waals surface area contributed by atoms with Crippen LogP contribution in [0.4, 0.5) is 5.69 Å². The molecule has 31 heavy (non-hydrogen) atoms. The molecule has 0 radical (unpaired) electrons. The molecule has 9 heteroatoms. The lowest BCUT2D eigenvalue weighted by atomic mass is 10.1. The van der Waals surface area contributed by atoms with Gasteiger partial charge in [-0.05, 0) is 49.4 Å². The predicted molar refractivity (Wildman–Crippen MR) is 117 cm³/mol. The third-order valence-electron chi connectivity index (χ3n) is 5.31. The van der Waals surface area contributed by atoms with E-state index in [1.165, 1.54) is 0 Å². The van der Waals surface area contributed by atoms with Crippen LogP contribution in [0.1, 0.15) is 29.1 Å². The zero-order valence-corrected chi connectivity index (χ0v) is 18.0. The molecular formula is C22H23ClN4O4. The van der Waals surface area contributed by atoms with Gasteiger partial charge < -0.3 is 24.7 Å². The van der Waals surface area contributed by atoms with Crippen molar-refractivity contribution in [1.82, 2.24) is 15.3 Å². The van der Waals surface area contributed by atoms with Gasteiger partial charge in [-0.25, -0.2) is 4.98 Å². The molecule has 8 nitrogen and oxygen atoms in total. The van der Waals surface area contributed by atoms with E-state index in [4.69, 9.17) is 21.1 Å². The number of morpholine rings is 1. The second-order valence-electron chi connectivity index (χ2n) is 7.32. The smallest absolute Gasteiger partial charge is 0.253 e. The van der Waals surface area contributed by atoms with E-state index < -0.39 is 6.04 Å². The lowest BCUT2D eigenvalue weighted by Gasteiger charge is -2.27. The summed E-state index contributed by atoms with van der Waals surface area (Å²) in [6.07, 6.45) is -0.328. The lowest BCUT2D eigenvalue weighted by molar-refractivity contribution is -0.125. The zero-order chi connectivity index (χ0) is 22.0. The van der Waals surface area contributed by atoms with E-state index in [0.29, 0.717) is 35.1 Å². The largest absolute Gasteiger partial charge is 0.379 e. The number of hydrogen-bond donors (Lipinski definition) is 2. The number of amides is 2. The molecule has 0 saturated carbocycles. The van der Waals surface area contributed by atoms with Crippen LogP contribution in [0.3, 0.4) is 0 Å². The van der Waals surface area contributed by atoms with Crippen LogP contribution < -0.4 is 10.2 Å². The second kappa shape index (κ2) is 9.05. The maximum Gasteiger partial charge on any atom is 0.253 e. The number of carbonyl (C=O) groups is 2. The number of hydrogen-bond acceptors (Lipinski definition) is 5. The standard InChI is InChI=1S/C22H23ClN4O4/c1-13(30-2)20(21-24-17-8-5-15(23)11-18(17)25-21)26-22(29)14-3-6-16(7-4-14)27-9-10-31-12-19(27)28/h3-8,11,13,20H,9-10,12H2,1-2H3,(H,24,25)(H,26,29)/t13-,20-/m0/s1. The number of ether oxygens (including phenoxy) is 2. The molecule has 0 bridgehead atoms. The minimum absolute atomic E-state index is 0.0710. The van der Waals surface area contributed by atoms with Crippen molar-refractivity contribution in [3.63, 3.8) is 0 Å². The Morgan fingerprint density at radius 2 is 2.06 bits per heavy atom. The van der Waals surface area contributed by atoms with Gasteiger partial charge >= 0.3 is 0 Å². The van der Waals surface area contributed by atoms with E-state index in [1.807, 2.05) is 13.0 Å². The van der Waals surface area contributed by atoms with Gasteiger partial charge in [-0.1, -0.05) is 11.6 Å². The summed E-state index contributed by atoms with van der Waals surface area (Å²) in [7, 11) is 1.58. The molecule has 4 rings (SSSR count). The van der Waals surface area contributed by atoms with Gasteiger partial charge in [0.1, 0.15) is 18.5 Å². The van der Waals surface area contributed by atoms with E-state index in [9.17, 15) is 9.59 Å². The van der Waals surface area contributed by atoms with E-state index in [0.717, 1.165) is 11.2 Å². The number of halogens is 1. The van der Waals surface area contributed by atoms with Crippen molar-refractivity contribution in [3.05, 3.63) is 58.9 Å². The summed E-state index contributed by atoms with van der Waals surface area (Å²) in [6.45, 7) is 2.92. The lowest BCUT2D eigenvalue weighted by Crippen LogP contribution is -2.41. The molecular weight excluding hydrogens is 420 g/mol. The summed E-state index contributed by atoms with van der Waals surface area (Å²) in [5.41, 5.74) is 2.74. The number of methoxy groups -OCH3 is 1. The Bertz CT molecular complexity index is 1100. The Morgan fingerprint density at radius 1 is 1.29 bits per heavy atom. The monoisotopic (exact) mass is 442 g/mol. The first kappa shape index (κ1) is 21.3. The number of imidazole rings is 1. The van der Waals surface area contributed by atoms with E-state index in [1.54, 1.807) is 48.4 Å². The maximum atomic E-state index is 12.9. The first-order valence-corrected chi connectivity index (χ1v) is 10.3. The van der Waals surface area contributed by atoms with Crippen LogP contribution in [0.15, 0.2) is 42.5 Å². The van der Waals surface area contributed by atoms with E-state index in [-0.39, 0.29) is 24.5 Å². The fraction of sp³-hybridized carbons (Fsp3) is 0.318. The van der Waals surface area contributed by atoms with Crippen LogP contribution in [-0.4, -0.2) is 54.8 Å². The van der Waals surface area contributed by atoms with Gasteiger partial charge in [-0.2, -0.15) is 0 Å². The molecule has 1 fully saturated rings. The minimum Gasteiger partial charge on any atom is -0.379 e. The number of nitrogens with zero attached hydrogens (tertiary/aromatic N) is 2. The Kier molecular flexibility index (Phi) is 6.22. The number of fused-ring (bicyclic) bond motifs is 1. The van der Waals surface area contributed by atoms with Crippen LogP contribution in [0.2, 0.25) is 5.02 Å².